The quantitative estimate of drug-likeness (QED) is 0.0125. The number of hydrogen-bond acceptors (Lipinski definition) is 17. The molecule has 0 spiro atoms. The molecule has 4 heterocycles. The minimum atomic E-state index is -5.91. The summed E-state index contributed by atoms with van der Waals surface area (Å²) in [6.07, 6.45) is 4.49. The fourth-order valence-electron chi connectivity index (χ4n) is 14.2. The van der Waals surface area contributed by atoms with Gasteiger partial charge in [0.1, 0.15) is 17.0 Å². The first-order valence-corrected chi connectivity index (χ1v) is 43.4. The van der Waals surface area contributed by atoms with E-state index < -0.39 is 66.3 Å². The Morgan fingerprint density at radius 1 is 0.777 bits per heavy atom. The Morgan fingerprint density at radius 2 is 1.44 bits per heavy atom. The fraction of sp³-hybridized carbons (Fsp3) is 0.488. The van der Waals surface area contributed by atoms with Crippen LogP contribution >= 0.6 is 45.4 Å². The second kappa shape index (κ2) is 40.4. The van der Waals surface area contributed by atoms with Crippen LogP contribution in [0.15, 0.2) is 147 Å². The van der Waals surface area contributed by atoms with Gasteiger partial charge in [-0.3, -0.25) is 38.5 Å². The minimum Gasteiger partial charge on any atom is -0.380 e. The van der Waals surface area contributed by atoms with Gasteiger partial charge in [0, 0.05) is 142 Å². The monoisotopic (exact) mass is 1640 g/mol. The number of aromatic nitrogens is 1. The lowest BCUT2D eigenvalue weighted by Crippen LogP contribution is -2.57. The zero-order valence-corrected chi connectivity index (χ0v) is 69.0. The molecule has 112 heavy (non-hydrogen) atoms. The van der Waals surface area contributed by atoms with Crippen LogP contribution in [0.2, 0.25) is 5.02 Å². The molecular formula is C82H106ClF3N12O10S4. The molecule has 30 heteroatoms. The Balaban J connectivity index is 0.619. The number of hydrogen-bond donors (Lipinski definition) is 6. The molecule has 10 rings (SSSR count). The molecule has 1 unspecified atom stereocenters. The number of sulfone groups is 1. The van der Waals surface area contributed by atoms with Crippen LogP contribution < -0.4 is 36.2 Å². The summed E-state index contributed by atoms with van der Waals surface area (Å²) in [5.41, 5.74) is 3.86. The molecule has 4 aliphatic rings. The molecule has 1 aromatic heterocycles. The number of ether oxygens (including phenoxy) is 2. The van der Waals surface area contributed by atoms with E-state index in [2.05, 4.69) is 77.0 Å². The van der Waals surface area contributed by atoms with Crippen molar-refractivity contribution in [2.45, 2.75) is 145 Å². The van der Waals surface area contributed by atoms with Gasteiger partial charge in [-0.1, -0.05) is 117 Å². The number of urea groups is 1. The number of nitrogens with zero attached hydrogens (tertiary/aromatic N) is 6. The highest BCUT2D eigenvalue weighted by molar-refractivity contribution is 8.13. The molecule has 3 fully saturated rings. The summed E-state index contributed by atoms with van der Waals surface area (Å²) < 4.78 is 85.4. The molecule has 3 saturated heterocycles. The number of alkyl halides is 3. The lowest BCUT2D eigenvalue weighted by atomic mass is 9.73. The fourth-order valence-corrected chi connectivity index (χ4v) is 18.5. The Hall–Kier alpha value is -7.87. The zero-order chi connectivity index (χ0) is 80.2. The van der Waals surface area contributed by atoms with Crippen molar-refractivity contribution in [3.05, 3.63) is 160 Å². The molecule has 3 aliphatic heterocycles. The normalized spacial score (nSPS) is 17.4. The third-order valence-electron chi connectivity index (χ3n) is 20.6. The van der Waals surface area contributed by atoms with E-state index in [4.69, 9.17) is 21.1 Å². The number of amides is 7. The van der Waals surface area contributed by atoms with Crippen molar-refractivity contribution in [2.75, 3.05) is 127 Å². The maximum absolute atomic E-state index is 14.7. The van der Waals surface area contributed by atoms with E-state index >= 15 is 0 Å². The van der Waals surface area contributed by atoms with Crippen molar-refractivity contribution in [3.63, 3.8) is 0 Å². The standard InChI is InChI=1S/C82H106ClF3N12O10S4/c1-8-111(93-76(101)61-22-26-65(27-23-61)96-43-41-95(42-44-96)54-62-52-81(6,7)34-32-68(62)59-20-24-63(83)25-21-59)67-28-29-69(71(51-67)112(105,106)82(84,85)86)91-64(55-109-66-13-10-9-11-14-66)33-38-94-39-45-97(46-40-94)79(104)88-36-48-108-50-49-107-47-35-87-72(99)30-31-73(100)92-75(80(3,4)5)78(103)98-37-12-15-70(98)77(102)89-53-58-16-18-60(19-17-58)74-57(2)90-56-110-74/h8-11,13-14,16-29,51,56,64,70,75,91H,12,15,30-50,52-55H2,1-7H3,(H,87,99)(H,88,104)(H,89,102)(H,92,100)(H,93,101)/t64-,70+,75-,111?/m1/s1. The largest absolute Gasteiger partial charge is 0.501 e. The molecule has 0 saturated carbocycles. The van der Waals surface area contributed by atoms with Crippen LogP contribution in [-0.4, -0.2) is 215 Å². The summed E-state index contributed by atoms with van der Waals surface area (Å²) in [4.78, 5) is 96.4. The second-order valence-corrected chi connectivity index (χ2v) is 36.6. The maximum Gasteiger partial charge on any atom is 0.501 e. The van der Waals surface area contributed by atoms with Crippen molar-refractivity contribution in [1.29, 1.82) is 0 Å². The lowest BCUT2D eigenvalue weighted by molar-refractivity contribution is -0.144. The first kappa shape index (κ1) is 86.5. The maximum atomic E-state index is 14.7. The molecule has 1 aliphatic carbocycles. The van der Waals surface area contributed by atoms with Gasteiger partial charge in [-0.15, -0.1) is 23.1 Å². The zero-order valence-electron chi connectivity index (χ0n) is 64.9. The smallest absolute Gasteiger partial charge is 0.380 e. The number of piperazine rings is 2. The average Bonchev–Trinajstić information content (AvgIpc) is 0.918. The number of likely N-dealkylation sites (tertiary alicyclic amines) is 1. The summed E-state index contributed by atoms with van der Waals surface area (Å²) in [6, 6.07) is 34.3. The Kier molecular flexibility index (Phi) is 31.2. The highest BCUT2D eigenvalue weighted by atomic mass is 35.5. The number of thiazole rings is 1. The van der Waals surface area contributed by atoms with Crippen molar-refractivity contribution < 1.29 is 59.8 Å². The number of allylic oxidation sites excluding steroid dienone is 1. The predicted molar refractivity (Wildman–Crippen MR) is 441 cm³/mol. The van der Waals surface area contributed by atoms with Crippen LogP contribution in [0.5, 0.6) is 0 Å². The van der Waals surface area contributed by atoms with E-state index in [9.17, 15) is 50.4 Å². The van der Waals surface area contributed by atoms with Crippen LogP contribution in [0.4, 0.5) is 29.3 Å². The van der Waals surface area contributed by atoms with Gasteiger partial charge in [0.05, 0.1) is 48.2 Å². The van der Waals surface area contributed by atoms with E-state index in [0.717, 1.165) is 95.4 Å². The number of halogens is 4. The Morgan fingerprint density at radius 3 is 2.09 bits per heavy atom. The minimum absolute atomic E-state index is 0.112. The van der Waals surface area contributed by atoms with Crippen LogP contribution in [-0.2, 0) is 45.0 Å². The first-order valence-electron chi connectivity index (χ1n) is 38.3. The molecule has 4 atom stereocenters. The average molecular weight is 1640 g/mol. The van der Waals surface area contributed by atoms with Gasteiger partial charge in [-0.05, 0) is 158 Å². The van der Waals surface area contributed by atoms with E-state index in [1.807, 2.05) is 112 Å². The number of anilines is 2. The van der Waals surface area contributed by atoms with Crippen molar-refractivity contribution in [1.82, 2.24) is 50.6 Å². The topological polar surface area (TPSA) is 256 Å². The summed E-state index contributed by atoms with van der Waals surface area (Å²) in [5.74, 6) is -1.53. The van der Waals surface area contributed by atoms with Gasteiger partial charge < -0.3 is 50.8 Å². The number of aryl methyl sites for hydroxylation is 1. The highest BCUT2D eigenvalue weighted by Crippen LogP contribution is 2.44. The number of thioether (sulfide) groups is 1. The van der Waals surface area contributed by atoms with E-state index in [0.29, 0.717) is 76.4 Å². The van der Waals surface area contributed by atoms with Crippen molar-refractivity contribution >= 4 is 113 Å². The number of benzene rings is 5. The first-order chi connectivity index (χ1) is 53.5. The van der Waals surface area contributed by atoms with E-state index in [1.54, 1.807) is 51.6 Å². The van der Waals surface area contributed by atoms with Gasteiger partial charge in [0.25, 0.3) is 15.7 Å². The molecule has 6 aromatic rings. The highest BCUT2D eigenvalue weighted by Gasteiger charge is 2.49. The summed E-state index contributed by atoms with van der Waals surface area (Å²) in [5, 5.41) is 17.0. The van der Waals surface area contributed by atoms with Gasteiger partial charge in [-0.25, -0.2) is 18.2 Å². The predicted octanol–water partition coefficient (Wildman–Crippen LogP) is 12.7. The number of rotatable bonds is 34. The van der Waals surface area contributed by atoms with Crippen LogP contribution in [0.3, 0.4) is 0 Å². The number of nitrogens with one attached hydrogen (secondary N) is 6. The molecule has 7 amide bonds. The molecule has 5 aromatic carbocycles. The molecule has 606 valence electrons. The van der Waals surface area contributed by atoms with Gasteiger partial charge in [0.2, 0.25) is 23.6 Å². The summed E-state index contributed by atoms with van der Waals surface area (Å²) >= 11 is 9.30. The molecule has 0 radical (unpaired) electrons. The Labute approximate surface area is 672 Å². The summed E-state index contributed by atoms with van der Waals surface area (Å²) in [7, 11) is -7.22. The summed E-state index contributed by atoms with van der Waals surface area (Å²) in [6.45, 7) is 22.4. The third-order valence-corrected chi connectivity index (χ3v) is 26.2. The van der Waals surface area contributed by atoms with E-state index in [1.165, 1.54) is 34.5 Å². The van der Waals surface area contributed by atoms with Crippen molar-refractivity contribution in [2.24, 2.45) is 10.8 Å². The number of carbonyl (C=O) groups is 6. The van der Waals surface area contributed by atoms with Crippen LogP contribution in [0.25, 0.3) is 16.0 Å². The van der Waals surface area contributed by atoms with Crippen LogP contribution in [0.1, 0.15) is 120 Å². The lowest BCUT2D eigenvalue weighted by Gasteiger charge is -2.39. The third kappa shape index (κ3) is 24.6. The molecule has 22 nitrogen and oxygen atoms in total. The van der Waals surface area contributed by atoms with Gasteiger partial charge in [-0.2, -0.15) is 13.2 Å². The number of carbonyl (C=O) groups excluding carboxylic acids is 6. The Bertz CT molecular complexity index is 4360. The van der Waals surface area contributed by atoms with E-state index in [-0.39, 0.29) is 92.1 Å². The van der Waals surface area contributed by atoms with Crippen LogP contribution in [0, 0.1) is 17.8 Å². The SMILES string of the molecule is C/C=S(/NC(=O)c1ccc(N2CCN(CC3=C(c4ccc(Cl)cc4)CCC(C)(C)C3)CC2)cc1)c1ccc(N[C@H](CCN2CCN(C(=O)NCCOCCOCCNC(=O)CCC(=O)N[C@H](C(=O)N3CCC[C@H]3C(=O)NCc3ccc(-c4scnc4C)cc3)C(C)(C)C)CC2)CSc2ccccc2)c(S(=O)(=O)C(F)(F)F)c1. The second-order valence-electron chi connectivity index (χ2n) is 30.5. The molecule has 0 bridgehead atoms. The van der Waals surface area contributed by atoms with Gasteiger partial charge >= 0.3 is 11.5 Å². The molecule has 6 N–H and O–H groups in total. The van der Waals surface area contributed by atoms with Crippen molar-refractivity contribution in [3.8, 4) is 10.4 Å². The van der Waals surface area contributed by atoms with Gasteiger partial charge in [0.15, 0.2) is 0 Å². The molecular weight excluding hydrogens is 1530 g/mol.